The van der Waals surface area contributed by atoms with Crippen molar-refractivity contribution < 1.29 is 22.4 Å². The van der Waals surface area contributed by atoms with E-state index >= 15 is 0 Å². The van der Waals surface area contributed by atoms with Gasteiger partial charge in [-0.25, -0.2) is 8.70 Å². The summed E-state index contributed by atoms with van der Waals surface area (Å²) in [6.07, 6.45) is 0.324. The first-order valence-electron chi connectivity index (χ1n) is 10.7. The molecule has 180 valence electrons. The number of amides is 2. The Morgan fingerprint density at radius 2 is 1.61 bits per heavy atom. The van der Waals surface area contributed by atoms with Crippen molar-refractivity contribution in [2.24, 2.45) is 0 Å². The summed E-state index contributed by atoms with van der Waals surface area (Å²) in [6, 6.07) is 13.1. The van der Waals surface area contributed by atoms with Gasteiger partial charge >= 0.3 is 10.2 Å². The minimum Gasteiger partial charge on any atom is -0.355 e. The maximum absolute atomic E-state index is 13.5. The molecule has 2 aromatic rings. The van der Waals surface area contributed by atoms with Gasteiger partial charge in [0.2, 0.25) is 11.8 Å². The summed E-state index contributed by atoms with van der Waals surface area (Å²) >= 11 is 0. The number of anilines is 1. The molecule has 0 aliphatic rings. The van der Waals surface area contributed by atoms with Crippen molar-refractivity contribution in [2.75, 3.05) is 31.5 Å². The van der Waals surface area contributed by atoms with Crippen molar-refractivity contribution in [2.45, 2.75) is 32.9 Å². The lowest BCUT2D eigenvalue weighted by molar-refractivity contribution is -0.140. The molecule has 0 aliphatic heterocycles. The molecule has 1 unspecified atom stereocenters. The number of carbonyl (C=O) groups excluding carboxylic acids is 2. The Hall–Kier alpha value is -2.98. The number of nitrogens with one attached hydrogen (secondary N) is 1. The summed E-state index contributed by atoms with van der Waals surface area (Å²) in [4.78, 5) is 27.6. The van der Waals surface area contributed by atoms with E-state index in [1.807, 2.05) is 0 Å². The van der Waals surface area contributed by atoms with Gasteiger partial charge in [0.25, 0.3) is 0 Å². The third kappa shape index (κ3) is 6.75. The van der Waals surface area contributed by atoms with Crippen molar-refractivity contribution in [3.8, 4) is 0 Å². The van der Waals surface area contributed by atoms with Gasteiger partial charge in [-0.2, -0.15) is 12.7 Å². The van der Waals surface area contributed by atoms with E-state index in [4.69, 9.17) is 0 Å². The van der Waals surface area contributed by atoms with Crippen LogP contribution in [0.3, 0.4) is 0 Å². The number of para-hydroxylation sites is 1. The minimum absolute atomic E-state index is 0.0272. The van der Waals surface area contributed by atoms with Gasteiger partial charge in [-0.15, -0.1) is 0 Å². The van der Waals surface area contributed by atoms with Crippen molar-refractivity contribution in [3.05, 3.63) is 66.0 Å². The Labute approximate surface area is 195 Å². The number of hydrogen-bond acceptors (Lipinski definition) is 4. The van der Waals surface area contributed by atoms with Crippen LogP contribution in [0.5, 0.6) is 0 Å². The van der Waals surface area contributed by atoms with E-state index in [1.165, 1.54) is 43.3 Å². The Morgan fingerprint density at radius 1 is 1.00 bits per heavy atom. The normalized spacial score (nSPS) is 12.3. The van der Waals surface area contributed by atoms with E-state index in [9.17, 15) is 22.4 Å². The summed E-state index contributed by atoms with van der Waals surface area (Å²) in [7, 11) is -1.22. The summed E-state index contributed by atoms with van der Waals surface area (Å²) in [6.45, 7) is 3.47. The smallest absolute Gasteiger partial charge is 0.304 e. The molecule has 2 aromatic carbocycles. The maximum atomic E-state index is 13.5. The fourth-order valence-electron chi connectivity index (χ4n) is 3.31. The number of carbonyl (C=O) groups is 2. The molecule has 33 heavy (non-hydrogen) atoms. The molecule has 0 spiro atoms. The summed E-state index contributed by atoms with van der Waals surface area (Å²) in [5.41, 5.74) is 0.946. The van der Waals surface area contributed by atoms with Gasteiger partial charge in [-0.3, -0.25) is 9.59 Å². The lowest BCUT2D eigenvalue weighted by Crippen LogP contribution is -2.53. The van der Waals surface area contributed by atoms with Crippen LogP contribution in [0.15, 0.2) is 54.6 Å². The second-order valence-electron chi connectivity index (χ2n) is 7.60. The van der Waals surface area contributed by atoms with Crippen molar-refractivity contribution >= 4 is 27.7 Å². The fourth-order valence-corrected chi connectivity index (χ4v) is 4.37. The zero-order valence-corrected chi connectivity index (χ0v) is 20.2. The molecule has 0 fully saturated rings. The average Bonchev–Trinajstić information content (AvgIpc) is 2.79. The van der Waals surface area contributed by atoms with E-state index in [0.29, 0.717) is 24.2 Å². The van der Waals surface area contributed by atoms with Crippen LogP contribution in [0, 0.1) is 5.82 Å². The molecular formula is C23H31FN4O4S. The van der Waals surface area contributed by atoms with Crippen LogP contribution in [-0.2, 0) is 26.3 Å². The highest BCUT2D eigenvalue weighted by Gasteiger charge is 2.33. The number of rotatable bonds is 11. The molecule has 2 amide bonds. The zero-order valence-electron chi connectivity index (χ0n) is 19.4. The lowest BCUT2D eigenvalue weighted by atomic mass is 10.1. The summed E-state index contributed by atoms with van der Waals surface area (Å²) in [5, 5.41) is 2.73. The predicted molar refractivity (Wildman–Crippen MR) is 126 cm³/mol. The molecule has 1 atom stereocenters. The standard InChI is InChI=1S/C23H31FN4O4S/c1-5-21(23(30)25-6-2)27(16-18-12-14-19(24)15-13-18)22(29)17-28(33(31,32)26(3)4)20-10-8-7-9-11-20/h7-15,21H,5-6,16-17H2,1-4H3,(H,25,30). The first-order valence-corrected chi connectivity index (χ1v) is 12.1. The second kappa shape index (κ2) is 11.8. The van der Waals surface area contributed by atoms with Crippen LogP contribution in [0.1, 0.15) is 25.8 Å². The van der Waals surface area contributed by atoms with Gasteiger partial charge in [0, 0.05) is 27.2 Å². The van der Waals surface area contributed by atoms with Crippen molar-refractivity contribution in [1.29, 1.82) is 0 Å². The highest BCUT2D eigenvalue weighted by atomic mass is 32.2. The largest absolute Gasteiger partial charge is 0.355 e. The van der Waals surface area contributed by atoms with E-state index in [1.54, 1.807) is 44.2 Å². The highest BCUT2D eigenvalue weighted by Crippen LogP contribution is 2.21. The first kappa shape index (κ1) is 26.3. The zero-order chi connectivity index (χ0) is 24.6. The maximum Gasteiger partial charge on any atom is 0.304 e. The van der Waals surface area contributed by atoms with E-state index in [-0.39, 0.29) is 12.5 Å². The molecule has 0 aliphatic carbocycles. The van der Waals surface area contributed by atoms with E-state index in [0.717, 1.165) is 8.61 Å². The van der Waals surface area contributed by atoms with Crippen molar-refractivity contribution in [1.82, 2.24) is 14.5 Å². The van der Waals surface area contributed by atoms with Crippen LogP contribution in [-0.4, -0.2) is 62.7 Å². The van der Waals surface area contributed by atoms with Crippen LogP contribution in [0.2, 0.25) is 0 Å². The van der Waals surface area contributed by atoms with Gasteiger partial charge in [0.05, 0.1) is 5.69 Å². The Balaban J connectivity index is 2.45. The molecule has 0 bridgehead atoms. The molecule has 0 saturated carbocycles. The van der Waals surface area contributed by atoms with Gasteiger partial charge < -0.3 is 10.2 Å². The second-order valence-corrected chi connectivity index (χ2v) is 9.67. The van der Waals surface area contributed by atoms with E-state index < -0.39 is 34.5 Å². The summed E-state index contributed by atoms with van der Waals surface area (Å²) in [5.74, 6) is -1.30. The van der Waals surface area contributed by atoms with Gasteiger partial charge in [-0.05, 0) is 43.2 Å². The van der Waals surface area contributed by atoms with Crippen molar-refractivity contribution in [3.63, 3.8) is 0 Å². The fraction of sp³-hybridized carbons (Fsp3) is 0.391. The summed E-state index contributed by atoms with van der Waals surface area (Å²) < 4.78 is 41.5. The molecule has 2 rings (SSSR count). The SMILES string of the molecule is CCNC(=O)C(CC)N(Cc1ccc(F)cc1)C(=O)CN(c1ccccc1)S(=O)(=O)N(C)C. The molecule has 0 saturated heterocycles. The van der Waals surface area contributed by atoms with Crippen LogP contribution >= 0.6 is 0 Å². The lowest BCUT2D eigenvalue weighted by Gasteiger charge is -2.33. The molecule has 10 heteroatoms. The van der Waals surface area contributed by atoms with Gasteiger partial charge in [0.15, 0.2) is 0 Å². The van der Waals surface area contributed by atoms with Gasteiger partial charge in [-0.1, -0.05) is 37.3 Å². The quantitative estimate of drug-likeness (QED) is 0.537. The van der Waals surface area contributed by atoms with Crippen LogP contribution in [0.25, 0.3) is 0 Å². The molecular weight excluding hydrogens is 447 g/mol. The van der Waals surface area contributed by atoms with E-state index in [2.05, 4.69) is 5.32 Å². The third-order valence-electron chi connectivity index (χ3n) is 5.07. The Bertz CT molecular complexity index is 1030. The average molecular weight is 479 g/mol. The molecule has 0 aromatic heterocycles. The topological polar surface area (TPSA) is 90.0 Å². The minimum atomic E-state index is -3.99. The molecule has 0 heterocycles. The molecule has 8 nitrogen and oxygen atoms in total. The number of benzene rings is 2. The number of halogens is 1. The number of likely N-dealkylation sites (N-methyl/N-ethyl adjacent to an activating group) is 1. The molecule has 1 N–H and O–H groups in total. The van der Waals surface area contributed by atoms with Crippen LogP contribution in [0.4, 0.5) is 10.1 Å². The van der Waals surface area contributed by atoms with Crippen LogP contribution < -0.4 is 9.62 Å². The number of nitrogens with zero attached hydrogens (tertiary/aromatic N) is 3. The highest BCUT2D eigenvalue weighted by molar-refractivity contribution is 7.90. The third-order valence-corrected chi connectivity index (χ3v) is 6.89. The Morgan fingerprint density at radius 3 is 2.12 bits per heavy atom. The first-order chi connectivity index (χ1) is 15.6. The molecule has 0 radical (unpaired) electrons. The predicted octanol–water partition coefficient (Wildman–Crippen LogP) is 2.38. The Kier molecular flexibility index (Phi) is 9.36. The van der Waals surface area contributed by atoms with Gasteiger partial charge in [0.1, 0.15) is 18.4 Å². The number of hydrogen-bond donors (Lipinski definition) is 1. The monoisotopic (exact) mass is 478 g/mol.